The maximum absolute atomic E-state index is 10.9. The Morgan fingerprint density at radius 2 is 2.44 bits per heavy atom. The predicted octanol–water partition coefficient (Wildman–Crippen LogP) is 1.53. The van der Waals surface area contributed by atoms with E-state index in [-0.39, 0.29) is 5.56 Å². The molecule has 0 aliphatic heterocycles. The largest absolute Gasteiger partial charge is 0.478 e. The summed E-state index contributed by atoms with van der Waals surface area (Å²) >= 11 is 1.70. The zero-order valence-electron chi connectivity index (χ0n) is 9.23. The van der Waals surface area contributed by atoms with Gasteiger partial charge in [-0.05, 0) is 12.3 Å². The van der Waals surface area contributed by atoms with Crippen LogP contribution in [0.3, 0.4) is 0 Å². The number of carbonyl (C=O) groups is 1. The van der Waals surface area contributed by atoms with Gasteiger partial charge in [-0.25, -0.2) is 9.78 Å². The maximum atomic E-state index is 10.9. The molecule has 0 saturated heterocycles. The van der Waals surface area contributed by atoms with Crippen molar-refractivity contribution in [3.63, 3.8) is 0 Å². The zero-order chi connectivity index (χ0) is 12.1. The third kappa shape index (κ3) is 3.30. The summed E-state index contributed by atoms with van der Waals surface area (Å²) in [6, 6.07) is 1.40. The number of hydrogen-bond acceptors (Lipinski definition) is 5. The smallest absolute Gasteiger partial charge is 0.339 e. The number of aromatic carboxylic acids is 1. The Bertz CT molecular complexity index is 384. The maximum Gasteiger partial charge on any atom is 0.339 e. The van der Waals surface area contributed by atoms with E-state index in [4.69, 9.17) is 10.8 Å². The van der Waals surface area contributed by atoms with Crippen LogP contribution in [0.5, 0.6) is 0 Å². The van der Waals surface area contributed by atoms with E-state index in [0.717, 1.165) is 0 Å². The predicted molar refractivity (Wildman–Crippen MR) is 67.1 cm³/mol. The van der Waals surface area contributed by atoms with Crippen LogP contribution in [0.1, 0.15) is 17.3 Å². The van der Waals surface area contributed by atoms with Crippen LogP contribution >= 0.6 is 11.8 Å². The third-order valence-corrected chi connectivity index (χ3v) is 3.07. The van der Waals surface area contributed by atoms with E-state index in [1.807, 2.05) is 6.26 Å². The molecule has 0 aliphatic rings. The Morgan fingerprint density at radius 1 is 1.75 bits per heavy atom. The number of pyridine rings is 1. The lowest BCUT2D eigenvalue weighted by atomic mass is 10.2. The summed E-state index contributed by atoms with van der Waals surface area (Å²) in [6.45, 7) is 2.72. The molecule has 1 rings (SSSR count). The summed E-state index contributed by atoms with van der Waals surface area (Å²) in [5.74, 6) is -0.665. The summed E-state index contributed by atoms with van der Waals surface area (Å²) in [4.78, 5) is 14.9. The molecule has 5 nitrogen and oxygen atoms in total. The van der Waals surface area contributed by atoms with E-state index >= 15 is 0 Å². The molecular formula is C10H15N3O2S. The van der Waals surface area contributed by atoms with Crippen molar-refractivity contribution in [1.29, 1.82) is 0 Å². The van der Waals surface area contributed by atoms with E-state index in [9.17, 15) is 4.79 Å². The van der Waals surface area contributed by atoms with Crippen LogP contribution in [-0.4, -0.2) is 34.1 Å². The molecular weight excluding hydrogens is 226 g/mol. The van der Waals surface area contributed by atoms with Crippen LogP contribution < -0.4 is 11.1 Å². The molecule has 0 aromatic carbocycles. The first-order valence-corrected chi connectivity index (χ1v) is 6.09. The molecule has 0 bridgehead atoms. The van der Waals surface area contributed by atoms with E-state index < -0.39 is 5.97 Å². The van der Waals surface area contributed by atoms with Gasteiger partial charge in [0.2, 0.25) is 0 Å². The van der Waals surface area contributed by atoms with Gasteiger partial charge in [-0.3, -0.25) is 0 Å². The summed E-state index contributed by atoms with van der Waals surface area (Å²) in [7, 11) is 0. The molecule has 0 saturated carbocycles. The van der Waals surface area contributed by atoms with Gasteiger partial charge in [-0.2, -0.15) is 11.8 Å². The number of nitrogens with two attached hydrogens (primary N) is 1. The summed E-state index contributed by atoms with van der Waals surface area (Å²) in [5, 5.41) is 12.4. The molecule has 0 fully saturated rings. The van der Waals surface area contributed by atoms with Crippen LogP contribution in [0.2, 0.25) is 0 Å². The van der Waals surface area contributed by atoms with Gasteiger partial charge in [0.15, 0.2) is 0 Å². The van der Waals surface area contributed by atoms with Crippen molar-refractivity contribution in [2.24, 2.45) is 0 Å². The lowest BCUT2D eigenvalue weighted by Gasteiger charge is -2.12. The molecule has 1 aromatic rings. The zero-order valence-corrected chi connectivity index (χ0v) is 10.0. The fourth-order valence-corrected chi connectivity index (χ4v) is 1.36. The average Bonchev–Trinajstić information content (AvgIpc) is 2.26. The highest BCUT2D eigenvalue weighted by Crippen LogP contribution is 2.16. The SMILES string of the molecule is CSC(C)CNc1ncc(N)cc1C(=O)O. The molecule has 0 aliphatic carbocycles. The molecule has 1 unspecified atom stereocenters. The number of hydrogen-bond donors (Lipinski definition) is 3. The first-order chi connectivity index (χ1) is 7.54. The van der Waals surface area contributed by atoms with E-state index in [1.165, 1.54) is 12.3 Å². The Morgan fingerprint density at radius 3 is 3.00 bits per heavy atom. The molecule has 0 spiro atoms. The standard InChI is InChI=1S/C10H15N3O2S/c1-6(16-2)4-12-9-8(10(14)15)3-7(11)5-13-9/h3,5-6H,4,11H2,1-2H3,(H,12,13)(H,14,15). The minimum atomic E-state index is -1.03. The number of aromatic nitrogens is 1. The topological polar surface area (TPSA) is 88.2 Å². The van der Waals surface area contributed by atoms with E-state index in [2.05, 4.69) is 17.2 Å². The van der Waals surface area contributed by atoms with Crippen molar-refractivity contribution in [1.82, 2.24) is 4.98 Å². The number of nitrogen functional groups attached to an aromatic ring is 1. The Kier molecular flexibility index (Phi) is 4.42. The average molecular weight is 241 g/mol. The van der Waals surface area contributed by atoms with Crippen molar-refractivity contribution >= 4 is 29.2 Å². The van der Waals surface area contributed by atoms with Gasteiger partial charge in [0.05, 0.1) is 11.9 Å². The number of carboxylic acid groups (broad SMARTS) is 1. The Balaban J connectivity index is 2.82. The van der Waals surface area contributed by atoms with E-state index in [1.54, 1.807) is 11.8 Å². The Labute approximate surface area is 98.4 Å². The number of anilines is 2. The third-order valence-electron chi connectivity index (χ3n) is 2.10. The van der Waals surface area contributed by atoms with Crippen LogP contribution in [0.15, 0.2) is 12.3 Å². The van der Waals surface area contributed by atoms with Gasteiger partial charge in [0, 0.05) is 11.8 Å². The highest BCUT2D eigenvalue weighted by Gasteiger charge is 2.12. The minimum Gasteiger partial charge on any atom is -0.478 e. The highest BCUT2D eigenvalue weighted by atomic mass is 32.2. The fourth-order valence-electron chi connectivity index (χ4n) is 1.11. The second-order valence-corrected chi connectivity index (χ2v) is 4.67. The first-order valence-electron chi connectivity index (χ1n) is 4.80. The van der Waals surface area contributed by atoms with Crippen molar-refractivity contribution in [2.75, 3.05) is 23.9 Å². The fraction of sp³-hybridized carbons (Fsp3) is 0.400. The lowest BCUT2D eigenvalue weighted by molar-refractivity contribution is 0.0697. The van der Waals surface area contributed by atoms with Gasteiger partial charge in [0.1, 0.15) is 11.4 Å². The van der Waals surface area contributed by atoms with Crippen LogP contribution in [-0.2, 0) is 0 Å². The second kappa shape index (κ2) is 5.60. The van der Waals surface area contributed by atoms with E-state index in [0.29, 0.717) is 23.3 Å². The molecule has 16 heavy (non-hydrogen) atoms. The van der Waals surface area contributed by atoms with Gasteiger partial charge < -0.3 is 16.2 Å². The number of thioether (sulfide) groups is 1. The molecule has 0 amide bonds. The quantitative estimate of drug-likeness (QED) is 0.724. The molecule has 4 N–H and O–H groups in total. The van der Waals surface area contributed by atoms with Crippen LogP contribution in [0.4, 0.5) is 11.5 Å². The van der Waals surface area contributed by atoms with Gasteiger partial charge >= 0.3 is 5.97 Å². The van der Waals surface area contributed by atoms with Crippen molar-refractivity contribution in [2.45, 2.75) is 12.2 Å². The summed E-state index contributed by atoms with van der Waals surface area (Å²) < 4.78 is 0. The van der Waals surface area contributed by atoms with Gasteiger partial charge in [-0.1, -0.05) is 6.92 Å². The highest BCUT2D eigenvalue weighted by molar-refractivity contribution is 7.99. The monoisotopic (exact) mass is 241 g/mol. The summed E-state index contributed by atoms with van der Waals surface area (Å²) in [6.07, 6.45) is 3.44. The molecule has 1 heterocycles. The van der Waals surface area contributed by atoms with Crippen molar-refractivity contribution in [3.05, 3.63) is 17.8 Å². The van der Waals surface area contributed by atoms with Crippen molar-refractivity contribution in [3.8, 4) is 0 Å². The molecule has 88 valence electrons. The normalized spacial score (nSPS) is 12.1. The molecule has 1 atom stereocenters. The molecule has 6 heteroatoms. The van der Waals surface area contributed by atoms with Crippen LogP contribution in [0, 0.1) is 0 Å². The molecule has 1 aromatic heterocycles. The number of nitrogens with zero attached hydrogens (tertiary/aromatic N) is 1. The van der Waals surface area contributed by atoms with Crippen molar-refractivity contribution < 1.29 is 9.90 Å². The number of rotatable bonds is 5. The van der Waals surface area contributed by atoms with Gasteiger partial charge in [-0.15, -0.1) is 0 Å². The first kappa shape index (κ1) is 12.6. The number of carboxylic acids is 1. The summed E-state index contributed by atoms with van der Waals surface area (Å²) in [5.41, 5.74) is 5.94. The second-order valence-electron chi connectivity index (χ2n) is 3.40. The lowest BCUT2D eigenvalue weighted by Crippen LogP contribution is -2.16. The minimum absolute atomic E-state index is 0.105. The Hall–Kier alpha value is -1.43. The molecule has 0 radical (unpaired) electrons. The van der Waals surface area contributed by atoms with Crippen LogP contribution in [0.25, 0.3) is 0 Å². The number of nitrogens with one attached hydrogen (secondary N) is 1. The van der Waals surface area contributed by atoms with Gasteiger partial charge in [0.25, 0.3) is 0 Å².